The molecule has 0 saturated carbocycles. The Morgan fingerprint density at radius 1 is 1.44 bits per heavy atom. The first-order valence-corrected chi connectivity index (χ1v) is 8.23. The van der Waals surface area contributed by atoms with Gasteiger partial charge in [0.05, 0.1) is 18.9 Å². The molecule has 0 bridgehead atoms. The zero-order valence-electron chi connectivity index (χ0n) is 14.1. The van der Waals surface area contributed by atoms with Crippen molar-refractivity contribution in [3.05, 3.63) is 23.8 Å². The summed E-state index contributed by atoms with van der Waals surface area (Å²) in [6.45, 7) is 0.270. The molecule has 1 saturated heterocycles. The molecule has 2 N–H and O–H groups in total. The maximum Gasteiger partial charge on any atom is 0.387 e. The number of nitrogens with one attached hydrogen (secondary N) is 2. The summed E-state index contributed by atoms with van der Waals surface area (Å²) in [4.78, 5) is 0. The second-order valence-electron chi connectivity index (χ2n) is 5.40. The van der Waals surface area contributed by atoms with Crippen LogP contribution in [0.5, 0.6) is 11.5 Å². The van der Waals surface area contributed by atoms with Crippen molar-refractivity contribution >= 4 is 23.0 Å². The van der Waals surface area contributed by atoms with E-state index in [-0.39, 0.29) is 17.6 Å². The highest BCUT2D eigenvalue weighted by Crippen LogP contribution is 2.29. The molecule has 1 aromatic rings. The average Bonchev–Trinajstić information content (AvgIpc) is 3.11. The Morgan fingerprint density at radius 3 is 2.88 bits per heavy atom. The van der Waals surface area contributed by atoms with Crippen LogP contribution in [0.2, 0.25) is 0 Å². The number of hydrazone groups is 1. The Hall–Kier alpha value is -2.00. The fraction of sp³-hybridized carbons (Fsp3) is 0.500. The molecular formula is C16H21F2N3O3S. The number of hydrogen-bond acceptors (Lipinski definition) is 5. The van der Waals surface area contributed by atoms with E-state index < -0.39 is 6.61 Å². The van der Waals surface area contributed by atoms with Gasteiger partial charge in [0.2, 0.25) is 0 Å². The Balaban J connectivity index is 1.92. The van der Waals surface area contributed by atoms with Gasteiger partial charge in [-0.05, 0) is 50.2 Å². The van der Waals surface area contributed by atoms with Crippen LogP contribution in [-0.2, 0) is 4.74 Å². The minimum atomic E-state index is -2.91. The summed E-state index contributed by atoms with van der Waals surface area (Å²) < 4.78 is 39.7. The van der Waals surface area contributed by atoms with Crippen LogP contribution in [-0.4, -0.2) is 43.8 Å². The third-order valence-corrected chi connectivity index (χ3v) is 3.87. The minimum Gasteiger partial charge on any atom is -0.493 e. The smallest absolute Gasteiger partial charge is 0.387 e. The van der Waals surface area contributed by atoms with E-state index in [0.717, 1.165) is 19.4 Å². The van der Waals surface area contributed by atoms with Gasteiger partial charge in [-0.2, -0.15) is 13.9 Å². The van der Waals surface area contributed by atoms with E-state index in [2.05, 4.69) is 20.6 Å². The molecule has 1 aliphatic heterocycles. The molecule has 0 unspecified atom stereocenters. The lowest BCUT2D eigenvalue weighted by molar-refractivity contribution is -0.0512. The fourth-order valence-corrected chi connectivity index (χ4v) is 2.47. The quantitative estimate of drug-likeness (QED) is 0.435. The molecule has 25 heavy (non-hydrogen) atoms. The van der Waals surface area contributed by atoms with Crippen LogP contribution in [0.1, 0.15) is 25.3 Å². The molecule has 6 nitrogen and oxygen atoms in total. The maximum absolute atomic E-state index is 12.3. The summed E-state index contributed by atoms with van der Waals surface area (Å²) in [5, 5.41) is 7.62. The summed E-state index contributed by atoms with van der Waals surface area (Å²) in [5.74, 6) is 0.169. The first kappa shape index (κ1) is 19.3. The fourth-order valence-electron chi connectivity index (χ4n) is 2.34. The Kier molecular flexibility index (Phi) is 7.32. The molecule has 138 valence electrons. The summed E-state index contributed by atoms with van der Waals surface area (Å²) in [5.41, 5.74) is 4.05. The summed E-state index contributed by atoms with van der Waals surface area (Å²) in [6.07, 6.45) is 2.26. The van der Waals surface area contributed by atoms with Gasteiger partial charge in [0.1, 0.15) is 0 Å². The highest BCUT2D eigenvalue weighted by molar-refractivity contribution is 7.80. The molecule has 2 rings (SSSR count). The van der Waals surface area contributed by atoms with E-state index in [1.54, 1.807) is 19.1 Å². The van der Waals surface area contributed by atoms with Gasteiger partial charge in [0.25, 0.3) is 0 Å². The average molecular weight is 373 g/mol. The van der Waals surface area contributed by atoms with E-state index in [9.17, 15) is 8.78 Å². The number of halogens is 2. The van der Waals surface area contributed by atoms with E-state index in [1.165, 1.54) is 13.2 Å². The molecule has 0 radical (unpaired) electrons. The Labute approximate surface area is 150 Å². The normalized spacial score (nSPS) is 17.5. The van der Waals surface area contributed by atoms with Crippen LogP contribution in [0.25, 0.3) is 0 Å². The van der Waals surface area contributed by atoms with Gasteiger partial charge in [-0.25, -0.2) is 0 Å². The monoisotopic (exact) mass is 373 g/mol. The first-order valence-electron chi connectivity index (χ1n) is 7.82. The third kappa shape index (κ3) is 6.09. The Bertz CT molecular complexity index is 623. The lowest BCUT2D eigenvalue weighted by Gasteiger charge is -2.13. The summed E-state index contributed by atoms with van der Waals surface area (Å²) in [6, 6.07) is 4.60. The SMILES string of the molecule is COc1cc(/C(C)=N\NC(=S)NC[C@@H]2CCCO2)ccc1OC(F)F. The molecular weight excluding hydrogens is 352 g/mol. The number of methoxy groups -OCH3 is 1. The van der Waals surface area contributed by atoms with Gasteiger partial charge < -0.3 is 19.5 Å². The van der Waals surface area contributed by atoms with Crippen LogP contribution in [0.4, 0.5) is 8.78 Å². The van der Waals surface area contributed by atoms with Crippen molar-refractivity contribution in [1.29, 1.82) is 0 Å². The Morgan fingerprint density at radius 2 is 2.24 bits per heavy atom. The van der Waals surface area contributed by atoms with Crippen molar-refractivity contribution in [2.45, 2.75) is 32.5 Å². The lowest BCUT2D eigenvalue weighted by Crippen LogP contribution is -2.37. The van der Waals surface area contributed by atoms with Crippen LogP contribution in [0.15, 0.2) is 23.3 Å². The number of rotatable bonds is 7. The lowest BCUT2D eigenvalue weighted by atomic mass is 10.1. The molecule has 1 heterocycles. The van der Waals surface area contributed by atoms with Crippen molar-refractivity contribution in [1.82, 2.24) is 10.7 Å². The minimum absolute atomic E-state index is 0.0317. The second kappa shape index (κ2) is 9.47. The van der Waals surface area contributed by atoms with Crippen molar-refractivity contribution in [3.63, 3.8) is 0 Å². The van der Waals surface area contributed by atoms with Gasteiger partial charge in [-0.15, -0.1) is 0 Å². The van der Waals surface area contributed by atoms with Gasteiger partial charge in [0.15, 0.2) is 16.6 Å². The predicted octanol–water partition coefficient (Wildman–Crippen LogP) is 2.66. The highest BCUT2D eigenvalue weighted by atomic mass is 32.1. The van der Waals surface area contributed by atoms with Crippen LogP contribution < -0.4 is 20.2 Å². The largest absolute Gasteiger partial charge is 0.493 e. The van der Waals surface area contributed by atoms with Gasteiger partial charge in [0, 0.05) is 18.7 Å². The zero-order chi connectivity index (χ0) is 18.2. The van der Waals surface area contributed by atoms with Gasteiger partial charge in [-0.3, -0.25) is 5.43 Å². The molecule has 0 aromatic heterocycles. The molecule has 9 heteroatoms. The zero-order valence-corrected chi connectivity index (χ0v) is 14.9. The topological polar surface area (TPSA) is 64.1 Å². The van der Waals surface area contributed by atoms with Crippen molar-refractivity contribution in [2.75, 3.05) is 20.3 Å². The second-order valence-corrected chi connectivity index (χ2v) is 5.81. The molecule has 1 aliphatic rings. The predicted molar refractivity (Wildman–Crippen MR) is 94.5 cm³/mol. The number of hydrogen-bond donors (Lipinski definition) is 2. The molecule has 0 aliphatic carbocycles. The highest BCUT2D eigenvalue weighted by Gasteiger charge is 2.15. The van der Waals surface area contributed by atoms with Crippen molar-refractivity contribution in [3.8, 4) is 11.5 Å². The molecule has 1 atom stereocenters. The van der Waals surface area contributed by atoms with Crippen LogP contribution >= 0.6 is 12.2 Å². The number of nitrogens with zero attached hydrogens (tertiary/aromatic N) is 1. The third-order valence-electron chi connectivity index (χ3n) is 3.64. The van der Waals surface area contributed by atoms with E-state index >= 15 is 0 Å². The standard InChI is InChI=1S/C16H21F2N3O3S/c1-10(20-21-16(25)19-9-12-4-3-7-23-12)11-5-6-13(24-15(17)18)14(8-11)22-2/h5-6,8,12,15H,3-4,7,9H2,1-2H3,(H2,19,21,25)/b20-10-/t12-/m0/s1. The summed E-state index contributed by atoms with van der Waals surface area (Å²) in [7, 11) is 1.38. The van der Waals surface area contributed by atoms with E-state index in [0.29, 0.717) is 22.9 Å². The molecule has 0 spiro atoms. The summed E-state index contributed by atoms with van der Waals surface area (Å²) >= 11 is 5.16. The number of ether oxygens (including phenoxy) is 3. The van der Waals surface area contributed by atoms with Crippen molar-refractivity contribution in [2.24, 2.45) is 5.10 Å². The number of thiocarbonyl (C=S) groups is 1. The van der Waals surface area contributed by atoms with Gasteiger partial charge in [-0.1, -0.05) is 0 Å². The van der Waals surface area contributed by atoms with E-state index in [4.69, 9.17) is 21.7 Å². The van der Waals surface area contributed by atoms with E-state index in [1.807, 2.05) is 0 Å². The van der Waals surface area contributed by atoms with Crippen LogP contribution in [0.3, 0.4) is 0 Å². The first-order chi connectivity index (χ1) is 12.0. The number of alkyl halides is 2. The maximum atomic E-state index is 12.3. The van der Waals surface area contributed by atoms with Crippen molar-refractivity contribution < 1.29 is 23.0 Å². The van der Waals surface area contributed by atoms with Gasteiger partial charge >= 0.3 is 6.61 Å². The number of benzene rings is 1. The molecule has 1 fully saturated rings. The van der Waals surface area contributed by atoms with Crippen LogP contribution in [0, 0.1) is 0 Å². The molecule has 0 amide bonds. The molecule has 1 aromatic carbocycles.